The first-order valence-electron chi connectivity index (χ1n) is 8.15. The third-order valence-electron chi connectivity index (χ3n) is 4.40. The number of piperazine rings is 1. The Balaban J connectivity index is 1.50. The van der Waals surface area contributed by atoms with Gasteiger partial charge in [-0.05, 0) is 37.4 Å². The molecule has 0 aliphatic carbocycles. The summed E-state index contributed by atoms with van der Waals surface area (Å²) in [5.74, 6) is 0.804. The van der Waals surface area contributed by atoms with Crippen molar-refractivity contribution in [2.45, 2.75) is 0 Å². The van der Waals surface area contributed by atoms with E-state index in [1.807, 2.05) is 36.8 Å². The fourth-order valence-corrected chi connectivity index (χ4v) is 2.89. The largest absolute Gasteiger partial charge is 0.368 e. The molecule has 3 aromatic heterocycles. The highest BCUT2D eigenvalue weighted by molar-refractivity contribution is 5.61. The monoisotopic (exact) mass is 320 g/mol. The second-order valence-corrected chi connectivity index (χ2v) is 6.05. The van der Waals surface area contributed by atoms with Crippen LogP contribution in [0.15, 0.2) is 55.1 Å². The summed E-state index contributed by atoms with van der Waals surface area (Å²) in [4.78, 5) is 13.8. The molecule has 6 heteroatoms. The van der Waals surface area contributed by atoms with E-state index in [1.165, 1.54) is 5.69 Å². The molecule has 24 heavy (non-hydrogen) atoms. The van der Waals surface area contributed by atoms with Crippen molar-refractivity contribution < 1.29 is 0 Å². The summed E-state index contributed by atoms with van der Waals surface area (Å²) < 4.78 is 1.74. The highest BCUT2D eigenvalue weighted by atomic mass is 15.3. The molecule has 0 saturated carbocycles. The number of nitrogens with zero attached hydrogens (tertiary/aromatic N) is 6. The normalized spacial score (nSPS) is 15.6. The van der Waals surface area contributed by atoms with Gasteiger partial charge in [0.15, 0.2) is 5.82 Å². The first-order valence-corrected chi connectivity index (χ1v) is 8.15. The van der Waals surface area contributed by atoms with Gasteiger partial charge in [-0.2, -0.15) is 5.10 Å². The lowest BCUT2D eigenvalue weighted by Crippen LogP contribution is -2.44. The van der Waals surface area contributed by atoms with Crippen LogP contribution in [-0.2, 0) is 0 Å². The Labute approximate surface area is 141 Å². The number of hydrogen-bond donors (Lipinski definition) is 0. The SMILES string of the molecule is CN1CCN(c2ccc(-c3ccc(-n4cccn4)nc3)nc2)CC1. The summed E-state index contributed by atoms with van der Waals surface area (Å²) in [7, 11) is 2.17. The van der Waals surface area contributed by atoms with Crippen LogP contribution in [0, 0.1) is 0 Å². The van der Waals surface area contributed by atoms with E-state index in [0.29, 0.717) is 0 Å². The molecule has 6 nitrogen and oxygen atoms in total. The van der Waals surface area contributed by atoms with Gasteiger partial charge < -0.3 is 9.80 Å². The van der Waals surface area contributed by atoms with Gasteiger partial charge in [0.05, 0.1) is 17.6 Å². The minimum absolute atomic E-state index is 0.804. The first kappa shape index (κ1) is 14.8. The van der Waals surface area contributed by atoms with E-state index in [1.54, 1.807) is 10.9 Å². The molecule has 3 aromatic rings. The summed E-state index contributed by atoms with van der Waals surface area (Å²) >= 11 is 0. The topological polar surface area (TPSA) is 50.1 Å². The van der Waals surface area contributed by atoms with Crippen LogP contribution in [-0.4, -0.2) is 57.9 Å². The summed E-state index contributed by atoms with van der Waals surface area (Å²) in [5, 5.41) is 4.19. The Morgan fingerprint density at radius 3 is 2.42 bits per heavy atom. The Hall–Kier alpha value is -2.73. The van der Waals surface area contributed by atoms with Gasteiger partial charge in [0.25, 0.3) is 0 Å². The maximum Gasteiger partial charge on any atom is 0.153 e. The fourth-order valence-electron chi connectivity index (χ4n) is 2.89. The van der Waals surface area contributed by atoms with Crippen molar-refractivity contribution in [1.82, 2.24) is 24.6 Å². The van der Waals surface area contributed by atoms with Crippen LogP contribution < -0.4 is 4.90 Å². The predicted octanol–water partition coefficient (Wildman–Crippen LogP) is 2.08. The second-order valence-electron chi connectivity index (χ2n) is 6.05. The van der Waals surface area contributed by atoms with Gasteiger partial charge in [-0.1, -0.05) is 0 Å². The van der Waals surface area contributed by atoms with Crippen molar-refractivity contribution in [3.8, 4) is 17.1 Å². The van der Waals surface area contributed by atoms with Crippen molar-refractivity contribution in [3.63, 3.8) is 0 Å². The molecular formula is C18H20N6. The predicted molar refractivity (Wildman–Crippen MR) is 94.3 cm³/mol. The van der Waals surface area contributed by atoms with Crippen molar-refractivity contribution in [1.29, 1.82) is 0 Å². The van der Waals surface area contributed by atoms with Gasteiger partial charge in [0.2, 0.25) is 0 Å². The van der Waals surface area contributed by atoms with E-state index in [2.05, 4.69) is 44.0 Å². The molecule has 0 unspecified atom stereocenters. The molecule has 0 spiro atoms. The molecular weight excluding hydrogens is 300 g/mol. The summed E-state index contributed by atoms with van der Waals surface area (Å²) in [5.41, 5.74) is 3.14. The summed E-state index contributed by atoms with van der Waals surface area (Å²) in [6.07, 6.45) is 7.43. The molecule has 0 N–H and O–H groups in total. The van der Waals surface area contributed by atoms with Gasteiger partial charge in [0, 0.05) is 50.3 Å². The fraction of sp³-hybridized carbons (Fsp3) is 0.278. The average Bonchev–Trinajstić information content (AvgIpc) is 3.17. The lowest BCUT2D eigenvalue weighted by molar-refractivity contribution is 0.313. The Morgan fingerprint density at radius 1 is 0.917 bits per heavy atom. The van der Waals surface area contributed by atoms with Crippen LogP contribution in [0.1, 0.15) is 0 Å². The molecule has 1 aliphatic rings. The van der Waals surface area contributed by atoms with E-state index in [9.17, 15) is 0 Å². The molecule has 122 valence electrons. The van der Waals surface area contributed by atoms with E-state index >= 15 is 0 Å². The van der Waals surface area contributed by atoms with Crippen molar-refractivity contribution >= 4 is 5.69 Å². The van der Waals surface area contributed by atoms with Crippen molar-refractivity contribution in [2.75, 3.05) is 38.1 Å². The van der Waals surface area contributed by atoms with Crippen molar-refractivity contribution in [3.05, 3.63) is 55.1 Å². The second kappa shape index (κ2) is 6.41. The molecule has 1 aliphatic heterocycles. The van der Waals surface area contributed by atoms with Gasteiger partial charge in [-0.3, -0.25) is 4.98 Å². The number of anilines is 1. The minimum atomic E-state index is 0.804. The van der Waals surface area contributed by atoms with Crippen LogP contribution in [0.4, 0.5) is 5.69 Å². The summed E-state index contributed by atoms with van der Waals surface area (Å²) in [6.45, 7) is 4.30. The highest BCUT2D eigenvalue weighted by Crippen LogP contribution is 2.21. The van der Waals surface area contributed by atoms with Gasteiger partial charge in [0.1, 0.15) is 0 Å². The zero-order chi connectivity index (χ0) is 16.4. The number of pyridine rings is 2. The minimum Gasteiger partial charge on any atom is -0.368 e. The van der Waals surface area contributed by atoms with Crippen LogP contribution in [0.25, 0.3) is 17.1 Å². The van der Waals surface area contributed by atoms with E-state index in [-0.39, 0.29) is 0 Å². The molecule has 4 rings (SSSR count). The number of aromatic nitrogens is 4. The standard InChI is InChI=1S/C18H20N6/c1-22-9-11-23(12-10-22)16-4-5-17(19-14-16)15-3-6-18(20-13-15)24-8-2-7-21-24/h2-8,13-14H,9-12H2,1H3. The molecule has 0 amide bonds. The molecule has 1 fully saturated rings. The van der Waals surface area contributed by atoms with Gasteiger partial charge in [-0.25, -0.2) is 9.67 Å². The number of likely N-dealkylation sites (N-methyl/N-ethyl adjacent to an activating group) is 1. The summed E-state index contributed by atoms with van der Waals surface area (Å²) in [6, 6.07) is 10.1. The van der Waals surface area contributed by atoms with Crippen molar-refractivity contribution in [2.24, 2.45) is 0 Å². The first-order chi connectivity index (χ1) is 11.8. The van der Waals surface area contributed by atoms with E-state index in [4.69, 9.17) is 0 Å². The number of rotatable bonds is 3. The lowest BCUT2D eigenvalue weighted by Gasteiger charge is -2.33. The quantitative estimate of drug-likeness (QED) is 0.739. The molecule has 0 radical (unpaired) electrons. The third-order valence-corrected chi connectivity index (χ3v) is 4.40. The van der Waals surface area contributed by atoms with Crippen LogP contribution in [0.5, 0.6) is 0 Å². The third kappa shape index (κ3) is 3.00. The molecule has 4 heterocycles. The maximum atomic E-state index is 4.62. The van der Waals surface area contributed by atoms with E-state index in [0.717, 1.165) is 43.3 Å². The van der Waals surface area contributed by atoms with Crippen LogP contribution in [0.3, 0.4) is 0 Å². The van der Waals surface area contributed by atoms with Crippen LogP contribution in [0.2, 0.25) is 0 Å². The van der Waals surface area contributed by atoms with Crippen LogP contribution >= 0.6 is 0 Å². The van der Waals surface area contributed by atoms with Gasteiger partial charge >= 0.3 is 0 Å². The van der Waals surface area contributed by atoms with E-state index < -0.39 is 0 Å². The molecule has 0 bridgehead atoms. The smallest absolute Gasteiger partial charge is 0.153 e. The lowest BCUT2D eigenvalue weighted by atomic mass is 10.2. The zero-order valence-corrected chi connectivity index (χ0v) is 13.7. The highest BCUT2D eigenvalue weighted by Gasteiger charge is 2.14. The Bertz CT molecular complexity index is 771. The Kier molecular flexibility index (Phi) is 3.96. The average molecular weight is 320 g/mol. The molecule has 0 aromatic carbocycles. The Morgan fingerprint density at radius 2 is 1.79 bits per heavy atom. The molecule has 0 atom stereocenters. The van der Waals surface area contributed by atoms with Gasteiger partial charge in [-0.15, -0.1) is 0 Å². The number of hydrogen-bond acceptors (Lipinski definition) is 5. The maximum absolute atomic E-state index is 4.62. The molecule has 1 saturated heterocycles. The zero-order valence-electron chi connectivity index (χ0n) is 13.7.